The van der Waals surface area contributed by atoms with Crippen LogP contribution in [0.15, 0.2) is 65.6 Å². The second kappa shape index (κ2) is 6.03. The first-order valence-corrected chi connectivity index (χ1v) is 8.40. The van der Waals surface area contributed by atoms with E-state index in [4.69, 9.17) is 0 Å². The number of benzene rings is 2. The fourth-order valence-electron chi connectivity index (χ4n) is 3.03. The summed E-state index contributed by atoms with van der Waals surface area (Å²) < 4.78 is 0. The first-order chi connectivity index (χ1) is 13.3. The number of H-pyrrole nitrogens is 3. The molecule has 8 heteroatoms. The van der Waals surface area contributed by atoms with Gasteiger partial charge in [-0.2, -0.15) is 5.10 Å². The molecule has 2 aromatic carbocycles. The largest absolute Gasteiger partial charge is 0.340 e. The molecule has 0 amide bonds. The normalized spacial score (nSPS) is 11.1. The van der Waals surface area contributed by atoms with Gasteiger partial charge >= 0.3 is 0 Å². The van der Waals surface area contributed by atoms with Gasteiger partial charge in [-0.1, -0.05) is 12.1 Å². The lowest BCUT2D eigenvalue weighted by Gasteiger charge is -2.08. The van der Waals surface area contributed by atoms with Crippen LogP contribution in [0, 0.1) is 0 Å². The van der Waals surface area contributed by atoms with E-state index in [1.807, 2.05) is 48.5 Å². The number of aromatic nitrogens is 5. The Bertz CT molecular complexity index is 1310. The summed E-state index contributed by atoms with van der Waals surface area (Å²) in [5.41, 5.74) is 3.27. The number of hydrogen-bond acceptors (Lipinski definition) is 5. The summed E-state index contributed by atoms with van der Waals surface area (Å²) in [4.78, 5) is 16.0. The third-order valence-corrected chi connectivity index (χ3v) is 4.34. The number of anilines is 4. The van der Waals surface area contributed by atoms with Crippen molar-refractivity contribution in [2.24, 2.45) is 0 Å². The molecule has 0 spiro atoms. The van der Waals surface area contributed by atoms with Gasteiger partial charge < -0.3 is 10.6 Å². The summed E-state index contributed by atoms with van der Waals surface area (Å²) in [5.74, 6) is 1.44. The molecule has 5 N–H and O–H groups in total. The molecule has 0 aliphatic rings. The zero-order valence-corrected chi connectivity index (χ0v) is 14.1. The molecule has 27 heavy (non-hydrogen) atoms. The van der Waals surface area contributed by atoms with E-state index in [9.17, 15) is 4.79 Å². The number of hydrogen-bond donors (Lipinski definition) is 5. The van der Waals surface area contributed by atoms with Crippen molar-refractivity contribution >= 4 is 44.8 Å². The van der Waals surface area contributed by atoms with Crippen LogP contribution < -0.4 is 16.2 Å². The Kier molecular flexibility index (Phi) is 3.39. The fourth-order valence-corrected chi connectivity index (χ4v) is 3.03. The van der Waals surface area contributed by atoms with E-state index in [0.717, 1.165) is 33.6 Å². The highest BCUT2D eigenvalue weighted by Crippen LogP contribution is 2.25. The van der Waals surface area contributed by atoms with Crippen LogP contribution in [-0.2, 0) is 0 Å². The average molecular weight is 357 g/mol. The van der Waals surface area contributed by atoms with Gasteiger partial charge in [-0.05, 0) is 36.4 Å². The van der Waals surface area contributed by atoms with Gasteiger partial charge in [0.05, 0.1) is 16.4 Å². The van der Waals surface area contributed by atoms with Crippen molar-refractivity contribution in [3.8, 4) is 0 Å². The maximum atomic E-state index is 11.6. The minimum atomic E-state index is -0.132. The number of pyridine rings is 1. The van der Waals surface area contributed by atoms with Crippen LogP contribution in [0.3, 0.4) is 0 Å². The van der Waals surface area contributed by atoms with E-state index >= 15 is 0 Å². The van der Waals surface area contributed by atoms with Crippen molar-refractivity contribution < 1.29 is 0 Å². The van der Waals surface area contributed by atoms with Crippen molar-refractivity contribution in [2.45, 2.75) is 0 Å². The molecular weight excluding hydrogens is 342 g/mol. The van der Waals surface area contributed by atoms with Crippen LogP contribution in [-0.4, -0.2) is 25.4 Å². The van der Waals surface area contributed by atoms with Gasteiger partial charge in [-0.3, -0.25) is 20.1 Å². The molecule has 0 unspecified atom stereocenters. The molecule has 0 bridgehead atoms. The van der Waals surface area contributed by atoms with Crippen molar-refractivity contribution in [1.29, 1.82) is 0 Å². The molecule has 5 rings (SSSR count). The van der Waals surface area contributed by atoms with Gasteiger partial charge in [-0.15, -0.1) is 0 Å². The highest BCUT2D eigenvalue weighted by molar-refractivity contribution is 5.91. The Labute approximate surface area is 152 Å². The quantitative estimate of drug-likeness (QED) is 0.337. The Morgan fingerprint density at radius 2 is 1.70 bits per heavy atom. The van der Waals surface area contributed by atoms with Crippen molar-refractivity contribution in [2.75, 3.05) is 10.6 Å². The van der Waals surface area contributed by atoms with Crippen molar-refractivity contribution in [3.05, 3.63) is 71.1 Å². The van der Waals surface area contributed by atoms with Gasteiger partial charge in [0.2, 0.25) is 0 Å². The SMILES string of the molecule is O=c1[nH][nH]c2cc(Nc3cc(Nc4n[nH]c5ccccc45)ccn3)ccc12. The van der Waals surface area contributed by atoms with Crippen molar-refractivity contribution in [3.63, 3.8) is 0 Å². The molecule has 3 aromatic heterocycles. The smallest absolute Gasteiger partial charge is 0.271 e. The van der Waals surface area contributed by atoms with Gasteiger partial charge in [0.15, 0.2) is 5.82 Å². The van der Waals surface area contributed by atoms with Crippen LogP contribution in [0.1, 0.15) is 0 Å². The van der Waals surface area contributed by atoms with E-state index < -0.39 is 0 Å². The van der Waals surface area contributed by atoms with Crippen LogP contribution in [0.2, 0.25) is 0 Å². The lowest BCUT2D eigenvalue weighted by molar-refractivity contribution is 1.08. The summed E-state index contributed by atoms with van der Waals surface area (Å²) in [5, 5.41) is 21.0. The summed E-state index contributed by atoms with van der Waals surface area (Å²) >= 11 is 0. The monoisotopic (exact) mass is 357 g/mol. The number of fused-ring (bicyclic) bond motifs is 2. The zero-order valence-electron chi connectivity index (χ0n) is 14.1. The Morgan fingerprint density at radius 1 is 0.815 bits per heavy atom. The molecule has 0 saturated heterocycles. The third kappa shape index (κ3) is 2.78. The highest BCUT2D eigenvalue weighted by atomic mass is 16.1. The molecule has 8 nitrogen and oxygen atoms in total. The average Bonchev–Trinajstić information content (AvgIpc) is 3.26. The Balaban J connectivity index is 1.42. The van der Waals surface area contributed by atoms with Gasteiger partial charge in [-0.25, -0.2) is 4.98 Å². The van der Waals surface area contributed by atoms with E-state index in [1.54, 1.807) is 12.3 Å². The molecule has 0 aliphatic heterocycles. The molecule has 0 atom stereocenters. The van der Waals surface area contributed by atoms with Crippen molar-refractivity contribution in [1.82, 2.24) is 25.4 Å². The second-order valence-electron chi connectivity index (χ2n) is 6.14. The summed E-state index contributed by atoms with van der Waals surface area (Å²) in [6, 6.07) is 17.2. The Hall–Kier alpha value is -4.07. The molecule has 0 aliphatic carbocycles. The number of rotatable bonds is 4. The lowest BCUT2D eigenvalue weighted by atomic mass is 10.2. The predicted molar refractivity (Wildman–Crippen MR) is 106 cm³/mol. The van der Waals surface area contributed by atoms with E-state index in [2.05, 4.69) is 36.0 Å². The predicted octanol–water partition coefficient (Wildman–Crippen LogP) is 3.61. The third-order valence-electron chi connectivity index (χ3n) is 4.34. The van der Waals surface area contributed by atoms with Crippen LogP contribution in [0.5, 0.6) is 0 Å². The van der Waals surface area contributed by atoms with Crippen LogP contribution in [0.25, 0.3) is 21.8 Å². The van der Waals surface area contributed by atoms with Gasteiger partial charge in [0, 0.05) is 29.0 Å². The van der Waals surface area contributed by atoms with E-state index in [0.29, 0.717) is 11.2 Å². The Morgan fingerprint density at radius 3 is 2.67 bits per heavy atom. The minimum Gasteiger partial charge on any atom is -0.340 e. The maximum Gasteiger partial charge on any atom is 0.271 e. The molecule has 3 heterocycles. The topological polar surface area (TPSA) is 114 Å². The lowest BCUT2D eigenvalue weighted by Crippen LogP contribution is -1.98. The summed E-state index contributed by atoms with van der Waals surface area (Å²) in [6.45, 7) is 0. The van der Waals surface area contributed by atoms with E-state index in [-0.39, 0.29) is 5.56 Å². The summed E-state index contributed by atoms with van der Waals surface area (Å²) in [6.07, 6.45) is 1.72. The number of nitrogens with zero attached hydrogens (tertiary/aromatic N) is 2. The summed E-state index contributed by atoms with van der Waals surface area (Å²) in [7, 11) is 0. The van der Waals surface area contributed by atoms with Gasteiger partial charge in [0.25, 0.3) is 5.56 Å². The first kappa shape index (κ1) is 15.2. The molecular formula is C19H15N7O. The van der Waals surface area contributed by atoms with Crippen LogP contribution in [0.4, 0.5) is 23.0 Å². The number of para-hydroxylation sites is 1. The molecule has 0 fully saturated rings. The van der Waals surface area contributed by atoms with Gasteiger partial charge in [0.1, 0.15) is 5.82 Å². The van der Waals surface area contributed by atoms with E-state index in [1.165, 1.54) is 0 Å². The molecule has 5 aromatic rings. The van der Waals surface area contributed by atoms with Crippen LogP contribution >= 0.6 is 0 Å². The minimum absolute atomic E-state index is 0.132. The maximum absolute atomic E-state index is 11.6. The zero-order chi connectivity index (χ0) is 18.2. The number of nitrogens with one attached hydrogen (secondary N) is 5. The molecule has 0 radical (unpaired) electrons. The second-order valence-corrected chi connectivity index (χ2v) is 6.14. The molecule has 0 saturated carbocycles. The first-order valence-electron chi connectivity index (χ1n) is 8.40. The molecule has 132 valence electrons. The highest BCUT2D eigenvalue weighted by Gasteiger charge is 2.07. The fraction of sp³-hybridized carbons (Fsp3) is 0. The number of aromatic amines is 3. The standard InChI is InChI=1S/C19H15N7O/c27-19-14-6-5-11(9-16(14)24-26-19)21-17-10-12(7-8-20-17)22-18-13-3-1-2-4-15(13)23-25-18/h1-10H,(H2,24,26,27)(H3,20,21,22,23,25).